The van der Waals surface area contributed by atoms with E-state index in [4.69, 9.17) is 9.47 Å². The summed E-state index contributed by atoms with van der Waals surface area (Å²) in [6, 6.07) is 12.2. The maximum Gasteiger partial charge on any atom is 0.261 e. The lowest BCUT2D eigenvalue weighted by Gasteiger charge is -2.39. The van der Waals surface area contributed by atoms with Crippen molar-refractivity contribution in [3.63, 3.8) is 0 Å². The van der Waals surface area contributed by atoms with Gasteiger partial charge in [0.05, 0.1) is 11.5 Å². The molecule has 9 nitrogen and oxygen atoms in total. The van der Waals surface area contributed by atoms with Gasteiger partial charge in [0.15, 0.2) is 0 Å². The Bertz CT molecular complexity index is 914. The lowest BCUT2D eigenvalue weighted by molar-refractivity contribution is -0.277. The molecular weight excluding hydrogens is 402 g/mol. The van der Waals surface area contributed by atoms with E-state index in [0.717, 1.165) is 5.56 Å². The number of nitrogens with one attached hydrogen (secondary N) is 1. The first-order chi connectivity index (χ1) is 13.7. The van der Waals surface area contributed by atoms with Crippen LogP contribution in [-0.2, 0) is 14.8 Å². The molecule has 10 heteroatoms. The average Bonchev–Trinajstić information content (AvgIpc) is 2.70. The molecule has 0 bridgehead atoms. The highest BCUT2D eigenvalue weighted by Gasteiger charge is 2.44. The summed E-state index contributed by atoms with van der Waals surface area (Å²) in [7, 11) is -3.75. The van der Waals surface area contributed by atoms with Gasteiger partial charge in [0, 0.05) is 5.69 Å². The Balaban J connectivity index is 1.68. The summed E-state index contributed by atoms with van der Waals surface area (Å²) in [4.78, 5) is 0.129. The van der Waals surface area contributed by atoms with Crippen molar-refractivity contribution in [2.75, 3.05) is 11.3 Å². The minimum atomic E-state index is -3.75. The maximum absolute atomic E-state index is 12.4. The fraction of sp³-hybridized carbons (Fsp3) is 0.368. The molecule has 158 valence electrons. The first kappa shape index (κ1) is 21.5. The number of sulfonamides is 1. The van der Waals surface area contributed by atoms with Gasteiger partial charge in [-0.25, -0.2) is 8.42 Å². The van der Waals surface area contributed by atoms with Crippen LogP contribution in [0.4, 0.5) is 5.69 Å². The van der Waals surface area contributed by atoms with Crippen LogP contribution in [0.3, 0.4) is 0 Å². The van der Waals surface area contributed by atoms with E-state index in [0.29, 0.717) is 5.69 Å². The van der Waals surface area contributed by atoms with Crippen LogP contribution >= 0.6 is 0 Å². The van der Waals surface area contributed by atoms with E-state index in [-0.39, 0.29) is 10.6 Å². The van der Waals surface area contributed by atoms with Crippen molar-refractivity contribution in [1.82, 2.24) is 0 Å². The number of hydrogen-bond donors (Lipinski definition) is 5. The number of anilines is 1. The third-order valence-corrected chi connectivity index (χ3v) is 5.94. The van der Waals surface area contributed by atoms with E-state index >= 15 is 0 Å². The van der Waals surface area contributed by atoms with Gasteiger partial charge in [-0.15, -0.1) is 0 Å². The summed E-state index contributed by atoms with van der Waals surface area (Å²) < 4.78 is 38.0. The second kappa shape index (κ2) is 8.66. The number of ether oxygens (including phenoxy) is 2. The molecule has 0 radical (unpaired) electrons. The summed E-state index contributed by atoms with van der Waals surface area (Å²) >= 11 is 0. The zero-order valence-electron chi connectivity index (χ0n) is 15.5. The molecule has 1 heterocycles. The molecule has 0 aromatic heterocycles. The van der Waals surface area contributed by atoms with Crippen molar-refractivity contribution in [2.45, 2.75) is 42.5 Å². The molecular formula is C19H23NO8S. The number of rotatable bonds is 6. The standard InChI is InChI=1S/C19H23NO8S/c1-11-2-8-14(9-3-11)29(25,26)20-12-4-6-13(7-5-12)27-19-18(24)17(23)16(22)15(10-21)28-19/h2-9,15-24H,10H2,1H3/t15-,16+,17+,18-,19+/m0/s1. The molecule has 5 N–H and O–H groups in total. The number of hydrogen-bond acceptors (Lipinski definition) is 8. The SMILES string of the molecule is Cc1ccc(S(=O)(=O)Nc2ccc(O[C@@H]3O[C@@H](CO)[C@@H](O)[C@@H](O)[C@@H]3O)cc2)cc1. The second-order valence-electron chi connectivity index (χ2n) is 6.76. The first-order valence-corrected chi connectivity index (χ1v) is 10.4. The molecule has 0 spiro atoms. The Kier molecular flexibility index (Phi) is 6.42. The fourth-order valence-electron chi connectivity index (χ4n) is 2.83. The minimum Gasteiger partial charge on any atom is -0.462 e. The predicted octanol–water partition coefficient (Wildman–Crippen LogP) is -0.0255. The summed E-state index contributed by atoms with van der Waals surface area (Å²) in [6.07, 6.45) is -6.97. The normalized spacial score (nSPS) is 27.4. The molecule has 0 saturated carbocycles. The van der Waals surface area contributed by atoms with Gasteiger partial charge in [0.25, 0.3) is 10.0 Å². The van der Waals surface area contributed by atoms with Crippen LogP contribution < -0.4 is 9.46 Å². The summed E-state index contributed by atoms with van der Waals surface area (Å²) in [6.45, 7) is 1.29. The van der Waals surface area contributed by atoms with Crippen LogP contribution in [0.15, 0.2) is 53.4 Å². The van der Waals surface area contributed by atoms with Gasteiger partial charge in [-0.05, 0) is 43.3 Å². The van der Waals surface area contributed by atoms with Crippen LogP contribution in [0.25, 0.3) is 0 Å². The zero-order chi connectivity index (χ0) is 21.2. The first-order valence-electron chi connectivity index (χ1n) is 8.88. The molecule has 0 amide bonds. The summed E-state index contributed by atoms with van der Waals surface area (Å²) in [5.41, 5.74) is 1.24. The monoisotopic (exact) mass is 425 g/mol. The number of aryl methyl sites for hydroxylation is 1. The van der Waals surface area contributed by atoms with Gasteiger partial charge in [0.1, 0.15) is 30.2 Å². The topological polar surface area (TPSA) is 146 Å². The molecule has 0 aliphatic carbocycles. The van der Waals surface area contributed by atoms with Crippen LogP contribution in [0.1, 0.15) is 5.56 Å². The third-order valence-electron chi connectivity index (χ3n) is 4.54. The Morgan fingerprint density at radius 2 is 1.59 bits per heavy atom. The van der Waals surface area contributed by atoms with Gasteiger partial charge in [-0.3, -0.25) is 4.72 Å². The number of aliphatic hydroxyl groups is 4. The summed E-state index contributed by atoms with van der Waals surface area (Å²) in [5.74, 6) is 0.229. The largest absolute Gasteiger partial charge is 0.462 e. The molecule has 1 fully saturated rings. The number of aliphatic hydroxyl groups excluding tert-OH is 4. The fourth-order valence-corrected chi connectivity index (χ4v) is 3.89. The molecule has 1 saturated heterocycles. The van der Waals surface area contributed by atoms with Crippen molar-refractivity contribution in [2.24, 2.45) is 0 Å². The lowest BCUT2D eigenvalue weighted by Crippen LogP contribution is -2.60. The molecule has 2 aromatic rings. The van der Waals surface area contributed by atoms with Crippen molar-refractivity contribution >= 4 is 15.7 Å². The maximum atomic E-state index is 12.4. The predicted molar refractivity (Wildman–Crippen MR) is 103 cm³/mol. The lowest BCUT2D eigenvalue weighted by atomic mass is 9.99. The van der Waals surface area contributed by atoms with E-state index in [9.17, 15) is 28.8 Å². The Morgan fingerprint density at radius 3 is 2.17 bits per heavy atom. The molecule has 0 unspecified atom stereocenters. The third kappa shape index (κ3) is 4.86. The van der Waals surface area contributed by atoms with Crippen molar-refractivity contribution < 1.29 is 38.3 Å². The van der Waals surface area contributed by atoms with Crippen LogP contribution in [0.5, 0.6) is 5.75 Å². The van der Waals surface area contributed by atoms with Gasteiger partial charge < -0.3 is 29.9 Å². The van der Waals surface area contributed by atoms with E-state index < -0.39 is 47.3 Å². The molecule has 29 heavy (non-hydrogen) atoms. The molecule has 3 rings (SSSR count). The van der Waals surface area contributed by atoms with Crippen molar-refractivity contribution in [3.05, 3.63) is 54.1 Å². The highest BCUT2D eigenvalue weighted by molar-refractivity contribution is 7.92. The van der Waals surface area contributed by atoms with E-state index in [1.165, 1.54) is 36.4 Å². The van der Waals surface area contributed by atoms with E-state index in [1.54, 1.807) is 12.1 Å². The van der Waals surface area contributed by atoms with Gasteiger partial charge in [-0.1, -0.05) is 17.7 Å². The van der Waals surface area contributed by atoms with Crippen LogP contribution in [0.2, 0.25) is 0 Å². The Labute approximate surface area is 168 Å². The van der Waals surface area contributed by atoms with Gasteiger partial charge in [-0.2, -0.15) is 0 Å². The quantitative estimate of drug-likeness (QED) is 0.434. The second-order valence-corrected chi connectivity index (χ2v) is 8.44. The van der Waals surface area contributed by atoms with Crippen molar-refractivity contribution in [1.29, 1.82) is 0 Å². The Hall–Kier alpha value is -2.21. The van der Waals surface area contributed by atoms with Crippen molar-refractivity contribution in [3.8, 4) is 5.75 Å². The minimum absolute atomic E-state index is 0.129. The van der Waals surface area contributed by atoms with E-state index in [1.807, 2.05) is 6.92 Å². The zero-order valence-corrected chi connectivity index (χ0v) is 16.4. The van der Waals surface area contributed by atoms with Gasteiger partial charge >= 0.3 is 0 Å². The number of benzene rings is 2. The Morgan fingerprint density at radius 1 is 0.966 bits per heavy atom. The highest BCUT2D eigenvalue weighted by Crippen LogP contribution is 2.26. The molecule has 1 aliphatic rings. The van der Waals surface area contributed by atoms with Crippen LogP contribution in [-0.4, -0.2) is 66.2 Å². The molecule has 5 atom stereocenters. The van der Waals surface area contributed by atoms with E-state index in [2.05, 4.69) is 4.72 Å². The van der Waals surface area contributed by atoms with Crippen LogP contribution in [0, 0.1) is 6.92 Å². The highest BCUT2D eigenvalue weighted by atomic mass is 32.2. The van der Waals surface area contributed by atoms with Gasteiger partial charge in [0.2, 0.25) is 6.29 Å². The average molecular weight is 425 g/mol. The molecule has 2 aromatic carbocycles. The summed E-state index contributed by atoms with van der Waals surface area (Å²) in [5, 5.41) is 38.8. The molecule has 1 aliphatic heterocycles. The smallest absolute Gasteiger partial charge is 0.261 e.